The van der Waals surface area contributed by atoms with Gasteiger partial charge < -0.3 is 5.32 Å². The van der Waals surface area contributed by atoms with Gasteiger partial charge in [0.2, 0.25) is 0 Å². The Balaban J connectivity index is 2.26. The fourth-order valence-corrected chi connectivity index (χ4v) is 1.90. The Labute approximate surface area is 91.2 Å². The zero-order valence-electron chi connectivity index (χ0n) is 8.30. The molecule has 2 heterocycles. The molecule has 0 aliphatic heterocycles. The minimum Gasteiger partial charge on any atom is -0.387 e. The van der Waals surface area contributed by atoms with Gasteiger partial charge in [-0.05, 0) is 22.4 Å². The number of thiophene rings is 1. The summed E-state index contributed by atoms with van der Waals surface area (Å²) < 4.78 is 1.45. The highest BCUT2D eigenvalue weighted by Gasteiger charge is 2.00. The highest BCUT2D eigenvalue weighted by molar-refractivity contribution is 7.07. The number of nitrogens with zero attached hydrogens (tertiary/aromatic N) is 2. The van der Waals surface area contributed by atoms with Crippen LogP contribution in [0.25, 0.3) is 0 Å². The van der Waals surface area contributed by atoms with Crippen molar-refractivity contribution in [3.05, 3.63) is 45.0 Å². The van der Waals surface area contributed by atoms with Gasteiger partial charge in [-0.2, -0.15) is 16.4 Å². The maximum Gasteiger partial charge on any atom is 0.269 e. The number of hydrogen-bond donors (Lipinski definition) is 1. The molecule has 78 valence electrons. The van der Waals surface area contributed by atoms with Gasteiger partial charge in [-0.15, -0.1) is 0 Å². The van der Waals surface area contributed by atoms with Gasteiger partial charge in [0, 0.05) is 13.1 Å². The van der Waals surface area contributed by atoms with Gasteiger partial charge in [0.05, 0.1) is 18.4 Å². The van der Waals surface area contributed by atoms with Crippen LogP contribution in [0.1, 0.15) is 5.56 Å². The Morgan fingerprint density at radius 2 is 2.47 bits per heavy atom. The fraction of sp³-hybridized carbons (Fsp3) is 0.200. The van der Waals surface area contributed by atoms with Crippen LogP contribution >= 0.6 is 11.3 Å². The van der Waals surface area contributed by atoms with Crippen LogP contribution in [0.15, 0.2) is 33.9 Å². The first-order valence-corrected chi connectivity index (χ1v) is 5.50. The van der Waals surface area contributed by atoms with E-state index in [1.807, 2.05) is 16.8 Å². The maximum atomic E-state index is 11.6. The SMILES string of the molecule is CNc1cnn(Cc2ccsc2)c(=O)c1. The van der Waals surface area contributed by atoms with E-state index in [2.05, 4.69) is 10.4 Å². The smallest absolute Gasteiger partial charge is 0.269 e. The first-order chi connectivity index (χ1) is 7.29. The Morgan fingerprint density at radius 1 is 1.60 bits per heavy atom. The molecule has 0 fully saturated rings. The molecule has 0 aliphatic carbocycles. The summed E-state index contributed by atoms with van der Waals surface area (Å²) in [4.78, 5) is 11.6. The third-order valence-corrected chi connectivity index (χ3v) is 2.80. The third-order valence-electron chi connectivity index (χ3n) is 2.07. The second-order valence-corrected chi connectivity index (χ2v) is 3.90. The molecule has 2 aromatic heterocycles. The highest BCUT2D eigenvalue weighted by Crippen LogP contribution is 2.06. The standard InChI is InChI=1S/C10H11N3OS/c1-11-9-4-10(14)13(12-5-9)6-8-2-3-15-7-8/h2-5,7,11H,6H2,1H3. The van der Waals surface area contributed by atoms with Crippen LogP contribution in [0.2, 0.25) is 0 Å². The Hall–Kier alpha value is -1.62. The van der Waals surface area contributed by atoms with E-state index in [0.717, 1.165) is 11.3 Å². The van der Waals surface area contributed by atoms with Gasteiger partial charge in [-0.1, -0.05) is 0 Å². The monoisotopic (exact) mass is 221 g/mol. The van der Waals surface area contributed by atoms with Crippen molar-refractivity contribution >= 4 is 17.0 Å². The number of anilines is 1. The minimum atomic E-state index is -0.0898. The first kappa shape index (κ1) is 9.92. The summed E-state index contributed by atoms with van der Waals surface area (Å²) in [6, 6.07) is 3.53. The predicted molar refractivity (Wildman–Crippen MR) is 61.5 cm³/mol. The molecule has 0 atom stereocenters. The summed E-state index contributed by atoms with van der Waals surface area (Å²) in [7, 11) is 1.76. The number of aromatic nitrogens is 2. The maximum absolute atomic E-state index is 11.6. The van der Waals surface area contributed by atoms with E-state index in [1.54, 1.807) is 30.6 Å². The van der Waals surface area contributed by atoms with Crippen LogP contribution in [0.4, 0.5) is 5.69 Å². The molecule has 2 rings (SSSR count). The predicted octanol–water partition coefficient (Wildman–Crippen LogP) is 1.39. The van der Waals surface area contributed by atoms with Crippen LogP contribution in [-0.2, 0) is 6.54 Å². The molecule has 1 N–H and O–H groups in total. The van der Waals surface area contributed by atoms with Crippen molar-refractivity contribution in [2.75, 3.05) is 12.4 Å². The molecule has 4 nitrogen and oxygen atoms in total. The Morgan fingerprint density at radius 3 is 3.07 bits per heavy atom. The van der Waals surface area contributed by atoms with Crippen molar-refractivity contribution in [3.8, 4) is 0 Å². The lowest BCUT2D eigenvalue weighted by Crippen LogP contribution is -2.22. The van der Waals surface area contributed by atoms with E-state index >= 15 is 0 Å². The highest BCUT2D eigenvalue weighted by atomic mass is 32.1. The summed E-state index contributed by atoms with van der Waals surface area (Å²) in [5, 5.41) is 11.0. The van der Waals surface area contributed by atoms with Crippen molar-refractivity contribution in [3.63, 3.8) is 0 Å². The van der Waals surface area contributed by atoms with Crippen LogP contribution in [0.5, 0.6) is 0 Å². The molecule has 0 unspecified atom stereocenters. The second kappa shape index (κ2) is 4.27. The normalized spacial score (nSPS) is 10.2. The molecule has 0 bridgehead atoms. The molecular formula is C10H11N3OS. The molecule has 0 aliphatic rings. The number of rotatable bonds is 3. The Kier molecular flexibility index (Phi) is 2.82. The van der Waals surface area contributed by atoms with Crippen LogP contribution in [-0.4, -0.2) is 16.8 Å². The lowest BCUT2D eigenvalue weighted by molar-refractivity contribution is 0.641. The summed E-state index contributed by atoms with van der Waals surface area (Å²) in [5.74, 6) is 0. The summed E-state index contributed by atoms with van der Waals surface area (Å²) in [5.41, 5.74) is 1.75. The van der Waals surface area contributed by atoms with Crippen molar-refractivity contribution < 1.29 is 0 Å². The molecule has 15 heavy (non-hydrogen) atoms. The van der Waals surface area contributed by atoms with E-state index in [4.69, 9.17) is 0 Å². The summed E-state index contributed by atoms with van der Waals surface area (Å²) in [6.45, 7) is 0.534. The van der Waals surface area contributed by atoms with Crippen molar-refractivity contribution in [2.24, 2.45) is 0 Å². The van der Waals surface area contributed by atoms with Gasteiger partial charge in [-0.3, -0.25) is 4.79 Å². The van der Waals surface area contributed by atoms with Gasteiger partial charge in [-0.25, -0.2) is 4.68 Å². The van der Waals surface area contributed by atoms with E-state index < -0.39 is 0 Å². The molecule has 0 aromatic carbocycles. The summed E-state index contributed by atoms with van der Waals surface area (Å²) >= 11 is 1.62. The average molecular weight is 221 g/mol. The molecule has 0 amide bonds. The quantitative estimate of drug-likeness (QED) is 0.852. The van der Waals surface area contributed by atoms with Gasteiger partial charge in [0.25, 0.3) is 5.56 Å². The molecular weight excluding hydrogens is 210 g/mol. The van der Waals surface area contributed by atoms with Gasteiger partial charge in [0.1, 0.15) is 0 Å². The lowest BCUT2D eigenvalue weighted by atomic mass is 10.3. The van der Waals surface area contributed by atoms with Crippen molar-refractivity contribution in [2.45, 2.75) is 6.54 Å². The van der Waals surface area contributed by atoms with Crippen LogP contribution in [0.3, 0.4) is 0 Å². The molecule has 2 aromatic rings. The summed E-state index contributed by atoms with van der Waals surface area (Å²) in [6.07, 6.45) is 1.65. The zero-order valence-corrected chi connectivity index (χ0v) is 9.12. The van der Waals surface area contributed by atoms with E-state index in [-0.39, 0.29) is 5.56 Å². The second-order valence-electron chi connectivity index (χ2n) is 3.12. The van der Waals surface area contributed by atoms with Crippen molar-refractivity contribution in [1.82, 2.24) is 9.78 Å². The molecule has 0 radical (unpaired) electrons. The van der Waals surface area contributed by atoms with Gasteiger partial charge in [0.15, 0.2) is 0 Å². The first-order valence-electron chi connectivity index (χ1n) is 4.55. The largest absolute Gasteiger partial charge is 0.387 e. The molecule has 0 saturated heterocycles. The Bertz CT molecular complexity index is 490. The van der Waals surface area contributed by atoms with Crippen LogP contribution < -0.4 is 10.9 Å². The number of nitrogens with one attached hydrogen (secondary N) is 1. The fourth-order valence-electron chi connectivity index (χ4n) is 1.24. The molecule has 5 heteroatoms. The number of hydrogen-bond acceptors (Lipinski definition) is 4. The lowest BCUT2D eigenvalue weighted by Gasteiger charge is -2.03. The van der Waals surface area contributed by atoms with E-state index in [1.165, 1.54) is 4.68 Å². The van der Waals surface area contributed by atoms with Crippen molar-refractivity contribution in [1.29, 1.82) is 0 Å². The zero-order chi connectivity index (χ0) is 10.7. The average Bonchev–Trinajstić information content (AvgIpc) is 2.74. The van der Waals surface area contributed by atoms with E-state index in [0.29, 0.717) is 6.54 Å². The van der Waals surface area contributed by atoms with Gasteiger partial charge >= 0.3 is 0 Å². The van der Waals surface area contributed by atoms with Crippen LogP contribution in [0, 0.1) is 0 Å². The third kappa shape index (κ3) is 2.24. The molecule has 0 spiro atoms. The topological polar surface area (TPSA) is 46.9 Å². The van der Waals surface area contributed by atoms with E-state index in [9.17, 15) is 4.79 Å². The minimum absolute atomic E-state index is 0.0898. The molecule has 0 saturated carbocycles.